The van der Waals surface area contributed by atoms with E-state index in [1.165, 1.54) is 25.3 Å². The highest BCUT2D eigenvalue weighted by Gasteiger charge is 2.18. The van der Waals surface area contributed by atoms with Gasteiger partial charge in [0.05, 0.1) is 0 Å². The molecule has 5 nitrogen and oxygen atoms in total. The Hall–Kier alpha value is -2.05. The van der Waals surface area contributed by atoms with Gasteiger partial charge in [0.2, 0.25) is 5.95 Å². The highest BCUT2D eigenvalue weighted by molar-refractivity contribution is 5.88. The minimum Gasteiger partial charge on any atom is -0.366 e. The lowest BCUT2D eigenvalue weighted by molar-refractivity contribution is 0.146. The molecule has 0 radical (unpaired) electrons. The molecule has 1 saturated carbocycles. The summed E-state index contributed by atoms with van der Waals surface area (Å²) >= 11 is 0. The van der Waals surface area contributed by atoms with Crippen molar-refractivity contribution in [3.63, 3.8) is 0 Å². The van der Waals surface area contributed by atoms with Gasteiger partial charge in [-0.25, -0.2) is 23.7 Å². The average molecular weight is 335 g/mol. The van der Waals surface area contributed by atoms with Crippen LogP contribution >= 0.6 is 0 Å². The van der Waals surface area contributed by atoms with Gasteiger partial charge in [-0.05, 0) is 32.8 Å². The number of nitrogens with zero attached hydrogens (tertiary/aromatic N) is 3. The molecule has 0 saturated heterocycles. The first-order valence-corrected chi connectivity index (χ1v) is 8.52. The molecule has 0 amide bonds. The number of rotatable bonds is 5. The minimum absolute atomic E-state index is 0.0679. The maximum atomic E-state index is 13.1. The van der Waals surface area contributed by atoms with Gasteiger partial charge in [0.1, 0.15) is 11.2 Å². The number of alkyl halides is 2. The molecule has 1 aliphatic carbocycles. The summed E-state index contributed by atoms with van der Waals surface area (Å²) < 4.78 is 26.1. The van der Waals surface area contributed by atoms with E-state index in [-0.39, 0.29) is 11.7 Å². The Balaban J connectivity index is 1.95. The normalized spacial score (nSPS) is 16.1. The van der Waals surface area contributed by atoms with E-state index < -0.39 is 6.43 Å². The monoisotopic (exact) mass is 335 g/mol. The number of anilines is 2. The predicted octanol–water partition coefficient (Wildman–Crippen LogP) is 4.53. The Bertz CT molecular complexity index is 699. The summed E-state index contributed by atoms with van der Waals surface area (Å²) in [5.74, 6) is 0.916. The molecule has 0 bridgehead atoms. The number of hydrogen-bond donors (Lipinski definition) is 2. The fourth-order valence-corrected chi connectivity index (χ4v) is 3.04. The molecule has 24 heavy (non-hydrogen) atoms. The highest BCUT2D eigenvalue weighted by atomic mass is 19.3. The van der Waals surface area contributed by atoms with Crippen LogP contribution in [0, 0.1) is 0 Å². The Morgan fingerprint density at radius 2 is 1.88 bits per heavy atom. The van der Waals surface area contributed by atoms with Crippen LogP contribution in [-0.4, -0.2) is 27.0 Å². The smallest absolute Gasteiger partial charge is 0.280 e. The van der Waals surface area contributed by atoms with Crippen LogP contribution in [0.3, 0.4) is 0 Å². The zero-order chi connectivity index (χ0) is 17.1. The summed E-state index contributed by atoms with van der Waals surface area (Å²) in [5, 5.41) is 7.04. The van der Waals surface area contributed by atoms with E-state index in [4.69, 9.17) is 0 Å². The topological polar surface area (TPSA) is 62.7 Å². The second-order valence-corrected chi connectivity index (χ2v) is 6.61. The second kappa shape index (κ2) is 7.23. The number of halogens is 2. The lowest BCUT2D eigenvalue weighted by Crippen LogP contribution is -2.23. The first-order chi connectivity index (χ1) is 11.5. The summed E-state index contributed by atoms with van der Waals surface area (Å²) in [4.78, 5) is 12.9. The summed E-state index contributed by atoms with van der Waals surface area (Å²) in [6.45, 7) is 3.87. The third-order valence-electron chi connectivity index (χ3n) is 4.17. The van der Waals surface area contributed by atoms with Gasteiger partial charge in [-0.15, -0.1) is 0 Å². The number of hydrogen-bond acceptors (Lipinski definition) is 5. The van der Waals surface area contributed by atoms with Crippen molar-refractivity contribution in [3.05, 3.63) is 18.0 Å². The quantitative estimate of drug-likeness (QED) is 0.841. The number of fused-ring (bicyclic) bond motifs is 1. The van der Waals surface area contributed by atoms with Gasteiger partial charge in [0.25, 0.3) is 6.43 Å². The molecule has 0 spiro atoms. The summed E-state index contributed by atoms with van der Waals surface area (Å²) in [5.41, 5.74) is 0.309. The minimum atomic E-state index is -2.62. The van der Waals surface area contributed by atoms with E-state index in [0.717, 1.165) is 12.8 Å². The van der Waals surface area contributed by atoms with E-state index in [2.05, 4.69) is 25.6 Å². The van der Waals surface area contributed by atoms with Crippen LogP contribution in [0.4, 0.5) is 20.5 Å². The highest BCUT2D eigenvalue weighted by Crippen LogP contribution is 2.27. The van der Waals surface area contributed by atoms with Crippen LogP contribution in [0.1, 0.15) is 58.1 Å². The maximum absolute atomic E-state index is 13.1. The molecule has 0 unspecified atom stereocenters. The number of aromatic nitrogens is 3. The third-order valence-corrected chi connectivity index (χ3v) is 4.17. The molecule has 0 aliphatic heterocycles. The molecule has 3 rings (SSSR count). The molecule has 0 atom stereocenters. The third kappa shape index (κ3) is 3.88. The zero-order valence-corrected chi connectivity index (χ0v) is 14.0. The van der Waals surface area contributed by atoms with Gasteiger partial charge in [-0.2, -0.15) is 0 Å². The van der Waals surface area contributed by atoms with Crippen LogP contribution in [0.2, 0.25) is 0 Å². The molecule has 1 aliphatic rings. The molecule has 1 fully saturated rings. The Morgan fingerprint density at radius 3 is 2.54 bits per heavy atom. The van der Waals surface area contributed by atoms with Gasteiger partial charge in [0.15, 0.2) is 5.82 Å². The summed E-state index contributed by atoms with van der Waals surface area (Å²) in [7, 11) is 0. The van der Waals surface area contributed by atoms with Crippen LogP contribution in [0.5, 0.6) is 0 Å². The van der Waals surface area contributed by atoms with Crippen molar-refractivity contribution in [1.82, 2.24) is 15.0 Å². The van der Waals surface area contributed by atoms with Gasteiger partial charge in [-0.1, -0.05) is 19.3 Å². The van der Waals surface area contributed by atoms with Crippen molar-refractivity contribution in [3.8, 4) is 0 Å². The van der Waals surface area contributed by atoms with Crippen LogP contribution in [0.15, 0.2) is 12.3 Å². The summed E-state index contributed by atoms with van der Waals surface area (Å²) in [6.07, 6.45) is 4.89. The lowest BCUT2D eigenvalue weighted by Gasteiger charge is -2.23. The molecule has 2 N–H and O–H groups in total. The molecule has 2 heterocycles. The van der Waals surface area contributed by atoms with Gasteiger partial charge >= 0.3 is 0 Å². The van der Waals surface area contributed by atoms with E-state index in [0.29, 0.717) is 28.7 Å². The Morgan fingerprint density at radius 1 is 1.12 bits per heavy atom. The summed E-state index contributed by atoms with van der Waals surface area (Å²) in [6, 6.07) is 1.81. The molecule has 130 valence electrons. The molecule has 0 aromatic carbocycles. The lowest BCUT2D eigenvalue weighted by atomic mass is 9.96. The second-order valence-electron chi connectivity index (χ2n) is 6.61. The van der Waals surface area contributed by atoms with E-state index in [9.17, 15) is 8.78 Å². The first-order valence-electron chi connectivity index (χ1n) is 8.52. The van der Waals surface area contributed by atoms with Crippen LogP contribution < -0.4 is 10.6 Å². The molecule has 2 aromatic rings. The fourth-order valence-electron chi connectivity index (χ4n) is 3.04. The molecular formula is C17H23F2N5. The number of nitrogens with one attached hydrogen (secondary N) is 2. The van der Waals surface area contributed by atoms with Crippen molar-refractivity contribution >= 4 is 22.7 Å². The average Bonchev–Trinajstić information content (AvgIpc) is 2.55. The van der Waals surface area contributed by atoms with Crippen molar-refractivity contribution < 1.29 is 8.78 Å². The largest absolute Gasteiger partial charge is 0.366 e. The van der Waals surface area contributed by atoms with Gasteiger partial charge in [0, 0.05) is 23.7 Å². The number of pyridine rings is 1. The van der Waals surface area contributed by atoms with E-state index in [1.54, 1.807) is 6.20 Å². The van der Waals surface area contributed by atoms with Gasteiger partial charge in [-0.3, -0.25) is 0 Å². The fraction of sp³-hybridized carbons (Fsp3) is 0.588. The molecular weight excluding hydrogens is 312 g/mol. The van der Waals surface area contributed by atoms with Gasteiger partial charge < -0.3 is 10.6 Å². The molecule has 2 aromatic heterocycles. The van der Waals surface area contributed by atoms with E-state index in [1.807, 2.05) is 13.8 Å². The first kappa shape index (κ1) is 16.8. The van der Waals surface area contributed by atoms with Crippen molar-refractivity contribution in [2.75, 3.05) is 10.6 Å². The SMILES string of the molecule is CC(C)Nc1nc(C(F)F)cc2cnc(NC3CCCCC3)nc12. The van der Waals surface area contributed by atoms with Crippen LogP contribution in [-0.2, 0) is 0 Å². The predicted molar refractivity (Wildman–Crippen MR) is 91.5 cm³/mol. The van der Waals surface area contributed by atoms with Crippen molar-refractivity contribution in [2.45, 2.75) is 64.5 Å². The molecule has 7 heteroatoms. The van der Waals surface area contributed by atoms with Crippen LogP contribution in [0.25, 0.3) is 10.9 Å². The van der Waals surface area contributed by atoms with Crippen molar-refractivity contribution in [2.24, 2.45) is 0 Å². The Kier molecular flexibility index (Phi) is 5.06. The zero-order valence-electron chi connectivity index (χ0n) is 14.0. The maximum Gasteiger partial charge on any atom is 0.280 e. The van der Waals surface area contributed by atoms with E-state index >= 15 is 0 Å². The standard InChI is InChI=1S/C17H23F2N5/c1-10(2)21-16-14-11(8-13(23-16)15(18)19)9-20-17(24-14)22-12-6-4-3-5-7-12/h8-10,12,15H,3-7H2,1-2H3,(H,21,23)(H,20,22,24). The Labute approximate surface area is 140 Å². The van der Waals surface area contributed by atoms with Crippen molar-refractivity contribution in [1.29, 1.82) is 0 Å².